The Morgan fingerprint density at radius 1 is 1.23 bits per heavy atom. The predicted molar refractivity (Wildman–Crippen MR) is 94.1 cm³/mol. The van der Waals surface area contributed by atoms with Gasteiger partial charge in [0.15, 0.2) is 17.5 Å². The van der Waals surface area contributed by atoms with E-state index in [0.29, 0.717) is 22.8 Å². The second-order valence-corrected chi connectivity index (χ2v) is 7.04. The van der Waals surface area contributed by atoms with E-state index >= 15 is 0 Å². The Labute approximate surface area is 150 Å². The normalized spacial score (nSPS) is 17.6. The minimum atomic E-state index is -0.912. The van der Waals surface area contributed by atoms with Crippen molar-refractivity contribution >= 4 is 16.6 Å². The number of anilines is 1. The van der Waals surface area contributed by atoms with Crippen LogP contribution in [0, 0.1) is 18.6 Å². The molecule has 1 aliphatic heterocycles. The summed E-state index contributed by atoms with van der Waals surface area (Å²) in [6.45, 7) is 6.57. The lowest BCUT2D eigenvalue weighted by Crippen LogP contribution is -2.24. The molecule has 5 nitrogen and oxygen atoms in total. The van der Waals surface area contributed by atoms with Crippen molar-refractivity contribution in [3.8, 4) is 0 Å². The van der Waals surface area contributed by atoms with Gasteiger partial charge in [-0.3, -0.25) is 0 Å². The number of aromatic nitrogens is 3. The molecule has 4 rings (SSSR count). The average molecular weight is 358 g/mol. The van der Waals surface area contributed by atoms with E-state index in [2.05, 4.69) is 20.0 Å². The topological polar surface area (TPSA) is 55.1 Å². The lowest BCUT2D eigenvalue weighted by molar-refractivity contribution is 0.358. The molecule has 1 atom stereocenters. The van der Waals surface area contributed by atoms with E-state index in [9.17, 15) is 8.78 Å². The van der Waals surface area contributed by atoms with Crippen LogP contribution in [0.25, 0.3) is 10.9 Å². The number of rotatable bonds is 3. The van der Waals surface area contributed by atoms with E-state index < -0.39 is 11.6 Å². The van der Waals surface area contributed by atoms with Crippen molar-refractivity contribution in [1.29, 1.82) is 0 Å². The zero-order chi connectivity index (χ0) is 18.4. The maximum Gasteiger partial charge on any atom is 0.229 e. The van der Waals surface area contributed by atoms with Gasteiger partial charge >= 0.3 is 0 Å². The maximum atomic E-state index is 14.3. The molecule has 7 heteroatoms. The molecule has 0 aliphatic carbocycles. The van der Waals surface area contributed by atoms with Gasteiger partial charge in [-0.2, -0.15) is 4.98 Å². The molecule has 0 bridgehead atoms. The first-order chi connectivity index (χ1) is 12.5. The standard InChI is InChI=1S/C19H20F2N4O/c1-10(2)19-23-18(24-26-19)14-5-4-8-25(14)15-9-11(3)22-17-12(15)6-7-13(20)16(17)21/h6-7,9-10,14H,4-5,8H2,1-3H3. The monoisotopic (exact) mass is 358 g/mol. The van der Waals surface area contributed by atoms with Crippen LogP contribution < -0.4 is 4.90 Å². The van der Waals surface area contributed by atoms with E-state index in [1.807, 2.05) is 19.9 Å². The number of hydrogen-bond donors (Lipinski definition) is 0. The summed E-state index contributed by atoms with van der Waals surface area (Å²) in [4.78, 5) is 10.9. The van der Waals surface area contributed by atoms with Gasteiger partial charge < -0.3 is 9.42 Å². The van der Waals surface area contributed by atoms with Gasteiger partial charge in [-0.1, -0.05) is 19.0 Å². The van der Waals surface area contributed by atoms with E-state index in [4.69, 9.17) is 4.52 Å². The molecular formula is C19H20F2N4O. The summed E-state index contributed by atoms with van der Waals surface area (Å²) < 4.78 is 33.3. The largest absolute Gasteiger partial charge is 0.361 e. The van der Waals surface area contributed by atoms with Crippen molar-refractivity contribution in [3.63, 3.8) is 0 Å². The smallest absolute Gasteiger partial charge is 0.229 e. The molecule has 1 fully saturated rings. The Hall–Kier alpha value is -2.57. The van der Waals surface area contributed by atoms with Crippen LogP contribution in [0.1, 0.15) is 56.1 Å². The van der Waals surface area contributed by atoms with Crippen LogP contribution in [-0.4, -0.2) is 21.7 Å². The quantitative estimate of drug-likeness (QED) is 0.681. The highest BCUT2D eigenvalue weighted by molar-refractivity contribution is 5.92. The fourth-order valence-electron chi connectivity index (χ4n) is 3.52. The SMILES string of the molecule is Cc1cc(N2CCCC2c2noc(C(C)C)n2)c2ccc(F)c(F)c2n1. The molecule has 1 unspecified atom stereocenters. The first-order valence-electron chi connectivity index (χ1n) is 8.81. The molecular weight excluding hydrogens is 338 g/mol. The molecule has 0 N–H and O–H groups in total. The van der Waals surface area contributed by atoms with Gasteiger partial charge in [-0.15, -0.1) is 0 Å². The summed E-state index contributed by atoms with van der Waals surface area (Å²) >= 11 is 0. The van der Waals surface area contributed by atoms with E-state index in [1.54, 1.807) is 13.0 Å². The number of benzene rings is 1. The molecule has 3 aromatic rings. The molecule has 0 radical (unpaired) electrons. The lowest BCUT2D eigenvalue weighted by Gasteiger charge is -2.26. The van der Waals surface area contributed by atoms with E-state index in [-0.39, 0.29) is 17.5 Å². The van der Waals surface area contributed by atoms with Crippen molar-refractivity contribution < 1.29 is 13.3 Å². The zero-order valence-corrected chi connectivity index (χ0v) is 15.0. The van der Waals surface area contributed by atoms with Crippen LogP contribution in [-0.2, 0) is 0 Å². The summed E-state index contributed by atoms with van der Waals surface area (Å²) in [6.07, 6.45) is 1.84. The molecule has 136 valence electrons. The highest BCUT2D eigenvalue weighted by Crippen LogP contribution is 2.39. The maximum absolute atomic E-state index is 14.3. The summed E-state index contributed by atoms with van der Waals surface area (Å²) in [5, 5.41) is 4.74. The lowest BCUT2D eigenvalue weighted by atomic mass is 10.1. The summed E-state index contributed by atoms with van der Waals surface area (Å²) in [7, 11) is 0. The molecule has 26 heavy (non-hydrogen) atoms. The van der Waals surface area contributed by atoms with Gasteiger partial charge in [0.1, 0.15) is 5.52 Å². The molecule has 1 aromatic carbocycles. The third-order valence-corrected chi connectivity index (χ3v) is 4.79. The van der Waals surface area contributed by atoms with Gasteiger partial charge in [-0.05, 0) is 38.0 Å². The van der Waals surface area contributed by atoms with Crippen molar-refractivity contribution in [1.82, 2.24) is 15.1 Å². The highest BCUT2D eigenvalue weighted by atomic mass is 19.2. The Morgan fingerprint density at radius 3 is 2.77 bits per heavy atom. The zero-order valence-electron chi connectivity index (χ0n) is 15.0. The van der Waals surface area contributed by atoms with E-state index in [0.717, 1.165) is 31.1 Å². The van der Waals surface area contributed by atoms with Crippen LogP contribution in [0.2, 0.25) is 0 Å². The number of pyridine rings is 1. The number of fused-ring (bicyclic) bond motifs is 1. The number of nitrogens with zero attached hydrogens (tertiary/aromatic N) is 4. The third-order valence-electron chi connectivity index (χ3n) is 4.79. The second-order valence-electron chi connectivity index (χ2n) is 7.04. The first kappa shape index (κ1) is 16.9. The number of hydrogen-bond acceptors (Lipinski definition) is 5. The minimum absolute atomic E-state index is 0.0515. The number of aryl methyl sites for hydroxylation is 1. The van der Waals surface area contributed by atoms with Crippen molar-refractivity contribution in [3.05, 3.63) is 47.2 Å². The Bertz CT molecular complexity index is 970. The summed E-state index contributed by atoms with van der Waals surface area (Å²) in [6, 6.07) is 4.58. The Balaban J connectivity index is 1.82. The molecule has 1 aliphatic rings. The Kier molecular flexibility index (Phi) is 4.09. The highest BCUT2D eigenvalue weighted by Gasteiger charge is 2.32. The molecule has 0 saturated carbocycles. The second kappa shape index (κ2) is 6.30. The van der Waals surface area contributed by atoms with Gasteiger partial charge in [0.25, 0.3) is 0 Å². The molecule has 1 saturated heterocycles. The van der Waals surface area contributed by atoms with Crippen molar-refractivity contribution in [2.75, 3.05) is 11.4 Å². The van der Waals surface area contributed by atoms with Crippen molar-refractivity contribution in [2.45, 2.75) is 45.6 Å². The van der Waals surface area contributed by atoms with Crippen molar-refractivity contribution in [2.24, 2.45) is 0 Å². The van der Waals surface area contributed by atoms with Crippen LogP contribution in [0.3, 0.4) is 0 Å². The fourth-order valence-corrected chi connectivity index (χ4v) is 3.52. The van der Waals surface area contributed by atoms with Crippen LogP contribution >= 0.6 is 0 Å². The molecule has 0 spiro atoms. The third kappa shape index (κ3) is 2.71. The molecule has 3 heterocycles. The number of halogens is 2. The van der Waals surface area contributed by atoms with Gasteiger partial charge in [0.2, 0.25) is 5.89 Å². The fraction of sp³-hybridized carbons (Fsp3) is 0.421. The molecule has 0 amide bonds. The summed E-state index contributed by atoms with van der Waals surface area (Å²) in [5.41, 5.74) is 1.52. The van der Waals surface area contributed by atoms with Crippen LogP contribution in [0.15, 0.2) is 22.7 Å². The Morgan fingerprint density at radius 2 is 2.04 bits per heavy atom. The molecule has 2 aromatic heterocycles. The van der Waals surface area contributed by atoms with Gasteiger partial charge in [0, 0.05) is 29.2 Å². The minimum Gasteiger partial charge on any atom is -0.361 e. The van der Waals surface area contributed by atoms with E-state index in [1.165, 1.54) is 0 Å². The first-order valence-corrected chi connectivity index (χ1v) is 8.81. The van der Waals surface area contributed by atoms with Gasteiger partial charge in [0.05, 0.1) is 6.04 Å². The van der Waals surface area contributed by atoms with Crippen LogP contribution in [0.4, 0.5) is 14.5 Å². The average Bonchev–Trinajstić information content (AvgIpc) is 3.26. The van der Waals surface area contributed by atoms with Crippen LogP contribution in [0.5, 0.6) is 0 Å². The summed E-state index contributed by atoms with van der Waals surface area (Å²) in [5.74, 6) is -0.400. The van der Waals surface area contributed by atoms with Gasteiger partial charge in [-0.25, -0.2) is 13.8 Å². The predicted octanol–water partition coefficient (Wildman–Crippen LogP) is 4.67.